The van der Waals surface area contributed by atoms with Crippen LogP contribution in [0.1, 0.15) is 36.6 Å². The zero-order valence-electron chi connectivity index (χ0n) is 8.47. The first kappa shape index (κ1) is 10.7. The molecule has 1 aromatic rings. The number of nitrogens with one attached hydrogen (secondary N) is 1. The Morgan fingerprint density at radius 3 is 3.00 bits per heavy atom. The van der Waals surface area contributed by atoms with E-state index in [-0.39, 0.29) is 0 Å². The van der Waals surface area contributed by atoms with E-state index < -0.39 is 0 Å². The van der Waals surface area contributed by atoms with Gasteiger partial charge in [0.2, 0.25) is 0 Å². The summed E-state index contributed by atoms with van der Waals surface area (Å²) in [7, 11) is 0. The second-order valence-corrected chi connectivity index (χ2v) is 4.30. The molecule has 0 aliphatic rings. The number of rotatable bonds is 6. The molecule has 0 aliphatic heterocycles. The first-order valence-electron chi connectivity index (χ1n) is 5.01. The maximum atomic E-state index is 4.39. The monoisotopic (exact) mass is 198 g/mol. The molecule has 0 spiro atoms. The van der Waals surface area contributed by atoms with E-state index in [9.17, 15) is 0 Å². The van der Waals surface area contributed by atoms with Crippen molar-refractivity contribution in [2.75, 3.05) is 6.54 Å². The van der Waals surface area contributed by atoms with E-state index in [0.717, 1.165) is 19.5 Å². The van der Waals surface area contributed by atoms with Crippen LogP contribution in [0.3, 0.4) is 0 Å². The molecule has 0 radical (unpaired) electrons. The SMILES string of the molecule is CCCCc1ncc(CNCC)s1. The molecule has 0 aliphatic carbocycles. The van der Waals surface area contributed by atoms with Crippen molar-refractivity contribution in [2.24, 2.45) is 0 Å². The largest absolute Gasteiger partial charge is 0.312 e. The second-order valence-electron chi connectivity index (χ2n) is 3.10. The van der Waals surface area contributed by atoms with E-state index in [1.165, 1.54) is 22.7 Å². The predicted octanol–water partition coefficient (Wildman–Crippen LogP) is 2.60. The number of thiazole rings is 1. The molecular weight excluding hydrogens is 180 g/mol. The van der Waals surface area contributed by atoms with Crippen LogP contribution < -0.4 is 5.32 Å². The Kier molecular flexibility index (Phi) is 5.01. The lowest BCUT2D eigenvalue weighted by atomic mass is 10.3. The molecule has 0 saturated carbocycles. The highest BCUT2D eigenvalue weighted by molar-refractivity contribution is 7.11. The van der Waals surface area contributed by atoms with E-state index in [2.05, 4.69) is 24.1 Å². The average Bonchev–Trinajstić information content (AvgIpc) is 2.59. The zero-order valence-corrected chi connectivity index (χ0v) is 9.28. The minimum absolute atomic E-state index is 0.973. The van der Waals surface area contributed by atoms with Gasteiger partial charge < -0.3 is 5.32 Å². The summed E-state index contributed by atoms with van der Waals surface area (Å²) in [5, 5.41) is 4.59. The average molecular weight is 198 g/mol. The minimum atomic E-state index is 0.973. The highest BCUT2D eigenvalue weighted by Gasteiger charge is 2.00. The van der Waals surface area contributed by atoms with Crippen LogP contribution in [-0.2, 0) is 13.0 Å². The van der Waals surface area contributed by atoms with Crippen molar-refractivity contribution in [3.8, 4) is 0 Å². The van der Waals surface area contributed by atoms with Crippen molar-refractivity contribution in [2.45, 2.75) is 39.7 Å². The smallest absolute Gasteiger partial charge is 0.0928 e. The molecule has 0 atom stereocenters. The molecule has 1 rings (SSSR count). The van der Waals surface area contributed by atoms with E-state index in [0.29, 0.717) is 0 Å². The molecule has 0 amide bonds. The fraction of sp³-hybridized carbons (Fsp3) is 0.700. The summed E-state index contributed by atoms with van der Waals surface area (Å²) < 4.78 is 0. The van der Waals surface area contributed by atoms with Gasteiger partial charge in [-0.15, -0.1) is 11.3 Å². The Labute approximate surface area is 84.4 Å². The van der Waals surface area contributed by atoms with Crippen LogP contribution in [0.5, 0.6) is 0 Å². The lowest BCUT2D eigenvalue weighted by Gasteiger charge is -1.95. The third kappa shape index (κ3) is 3.87. The van der Waals surface area contributed by atoms with Crippen molar-refractivity contribution in [3.63, 3.8) is 0 Å². The third-order valence-electron chi connectivity index (χ3n) is 1.89. The minimum Gasteiger partial charge on any atom is -0.312 e. The van der Waals surface area contributed by atoms with Crippen LogP contribution >= 0.6 is 11.3 Å². The fourth-order valence-electron chi connectivity index (χ4n) is 1.12. The number of hydrogen-bond acceptors (Lipinski definition) is 3. The van der Waals surface area contributed by atoms with Crippen LogP contribution in [0.2, 0.25) is 0 Å². The van der Waals surface area contributed by atoms with Crippen LogP contribution in [-0.4, -0.2) is 11.5 Å². The number of unbranched alkanes of at least 4 members (excludes halogenated alkanes) is 1. The Bertz CT molecular complexity index is 210. The Morgan fingerprint density at radius 1 is 1.46 bits per heavy atom. The van der Waals surface area contributed by atoms with Gasteiger partial charge in [0.15, 0.2) is 0 Å². The summed E-state index contributed by atoms with van der Waals surface area (Å²) in [6, 6.07) is 0. The number of nitrogens with zero attached hydrogens (tertiary/aromatic N) is 1. The van der Waals surface area contributed by atoms with E-state index >= 15 is 0 Å². The van der Waals surface area contributed by atoms with Gasteiger partial charge in [-0.05, 0) is 19.4 Å². The van der Waals surface area contributed by atoms with Crippen molar-refractivity contribution >= 4 is 11.3 Å². The molecule has 0 aromatic carbocycles. The standard InChI is InChI=1S/C10H18N2S/c1-3-5-6-10-12-8-9(13-10)7-11-4-2/h8,11H,3-7H2,1-2H3. The molecule has 0 unspecified atom stereocenters. The van der Waals surface area contributed by atoms with Gasteiger partial charge in [-0.25, -0.2) is 4.98 Å². The van der Waals surface area contributed by atoms with E-state index in [4.69, 9.17) is 0 Å². The van der Waals surface area contributed by atoms with E-state index in [1.54, 1.807) is 0 Å². The number of aromatic nitrogens is 1. The third-order valence-corrected chi connectivity index (χ3v) is 2.95. The summed E-state index contributed by atoms with van der Waals surface area (Å²) in [5.74, 6) is 0. The molecular formula is C10H18N2S. The van der Waals surface area contributed by atoms with Crippen molar-refractivity contribution in [1.29, 1.82) is 0 Å². The molecule has 0 bridgehead atoms. The molecule has 1 aromatic heterocycles. The summed E-state index contributed by atoms with van der Waals surface area (Å²) >= 11 is 1.84. The Balaban J connectivity index is 2.34. The quantitative estimate of drug-likeness (QED) is 0.760. The summed E-state index contributed by atoms with van der Waals surface area (Å²) in [4.78, 5) is 5.74. The first-order chi connectivity index (χ1) is 6.36. The van der Waals surface area contributed by atoms with Gasteiger partial charge in [-0.3, -0.25) is 0 Å². The molecule has 1 N–H and O–H groups in total. The molecule has 0 fully saturated rings. The first-order valence-corrected chi connectivity index (χ1v) is 5.82. The van der Waals surface area contributed by atoms with E-state index in [1.807, 2.05) is 17.5 Å². The normalized spacial score (nSPS) is 10.6. The van der Waals surface area contributed by atoms with Gasteiger partial charge in [0.05, 0.1) is 5.01 Å². The van der Waals surface area contributed by atoms with Crippen molar-refractivity contribution < 1.29 is 0 Å². The van der Waals surface area contributed by atoms with Gasteiger partial charge in [-0.1, -0.05) is 20.3 Å². The highest BCUT2D eigenvalue weighted by atomic mass is 32.1. The summed E-state index contributed by atoms with van der Waals surface area (Å²) in [6.45, 7) is 6.34. The van der Waals surface area contributed by atoms with Gasteiger partial charge in [0, 0.05) is 17.6 Å². The molecule has 1 heterocycles. The topological polar surface area (TPSA) is 24.9 Å². The maximum absolute atomic E-state index is 4.39. The predicted molar refractivity (Wildman–Crippen MR) is 58.1 cm³/mol. The Morgan fingerprint density at radius 2 is 2.31 bits per heavy atom. The molecule has 74 valence electrons. The van der Waals surface area contributed by atoms with Crippen LogP contribution in [0.25, 0.3) is 0 Å². The highest BCUT2D eigenvalue weighted by Crippen LogP contribution is 2.14. The molecule has 13 heavy (non-hydrogen) atoms. The van der Waals surface area contributed by atoms with Crippen LogP contribution in [0, 0.1) is 0 Å². The summed E-state index contributed by atoms with van der Waals surface area (Å²) in [6.07, 6.45) is 5.65. The fourth-order valence-corrected chi connectivity index (χ4v) is 2.06. The van der Waals surface area contributed by atoms with Crippen LogP contribution in [0.4, 0.5) is 0 Å². The molecule has 3 heteroatoms. The second kappa shape index (κ2) is 6.11. The van der Waals surface area contributed by atoms with Crippen molar-refractivity contribution in [3.05, 3.63) is 16.1 Å². The molecule has 2 nitrogen and oxygen atoms in total. The van der Waals surface area contributed by atoms with Crippen molar-refractivity contribution in [1.82, 2.24) is 10.3 Å². The van der Waals surface area contributed by atoms with Crippen LogP contribution in [0.15, 0.2) is 6.20 Å². The van der Waals surface area contributed by atoms with Gasteiger partial charge in [-0.2, -0.15) is 0 Å². The van der Waals surface area contributed by atoms with Gasteiger partial charge >= 0.3 is 0 Å². The van der Waals surface area contributed by atoms with Gasteiger partial charge in [0.1, 0.15) is 0 Å². The lowest BCUT2D eigenvalue weighted by Crippen LogP contribution is -2.10. The zero-order chi connectivity index (χ0) is 9.52. The maximum Gasteiger partial charge on any atom is 0.0928 e. The number of aryl methyl sites for hydroxylation is 1. The Hall–Kier alpha value is -0.410. The molecule has 0 saturated heterocycles. The summed E-state index contributed by atoms with van der Waals surface area (Å²) in [5.41, 5.74) is 0. The number of hydrogen-bond donors (Lipinski definition) is 1. The lowest BCUT2D eigenvalue weighted by molar-refractivity contribution is 0.734. The van der Waals surface area contributed by atoms with Gasteiger partial charge in [0.25, 0.3) is 0 Å².